The van der Waals surface area contributed by atoms with Crippen molar-refractivity contribution in [1.82, 2.24) is 0 Å². The average molecular weight is 186 g/mol. The molecule has 2 atom stereocenters. The summed E-state index contributed by atoms with van der Waals surface area (Å²) < 4.78 is 5.44. The summed E-state index contributed by atoms with van der Waals surface area (Å²) in [5.74, 6) is -0.653. The lowest BCUT2D eigenvalue weighted by Crippen LogP contribution is -2.49. The highest BCUT2D eigenvalue weighted by molar-refractivity contribution is 5.78. The number of carbonyl (C=O) groups is 1. The van der Waals surface area contributed by atoms with E-state index in [1.807, 2.05) is 13.8 Å². The van der Waals surface area contributed by atoms with Crippen molar-refractivity contribution in [3.8, 4) is 0 Å². The highest BCUT2D eigenvalue weighted by Gasteiger charge is 2.45. The van der Waals surface area contributed by atoms with Crippen LogP contribution in [0.15, 0.2) is 0 Å². The zero-order valence-electron chi connectivity index (χ0n) is 8.38. The lowest BCUT2D eigenvalue weighted by atomic mass is 9.76. The lowest BCUT2D eigenvalue weighted by molar-refractivity contribution is -0.178. The van der Waals surface area contributed by atoms with Gasteiger partial charge in [0.15, 0.2) is 5.60 Å². The highest BCUT2D eigenvalue weighted by Crippen LogP contribution is 2.36. The Kier molecular flexibility index (Phi) is 3.31. The van der Waals surface area contributed by atoms with Crippen molar-refractivity contribution in [2.24, 2.45) is 5.92 Å². The van der Waals surface area contributed by atoms with Crippen LogP contribution in [0.3, 0.4) is 0 Å². The maximum absolute atomic E-state index is 11.2. The molecule has 76 valence electrons. The van der Waals surface area contributed by atoms with Crippen molar-refractivity contribution in [3.63, 3.8) is 0 Å². The van der Waals surface area contributed by atoms with Crippen molar-refractivity contribution < 1.29 is 14.6 Å². The van der Waals surface area contributed by atoms with Gasteiger partial charge in [0.2, 0.25) is 0 Å². The summed E-state index contributed by atoms with van der Waals surface area (Å²) >= 11 is 0. The van der Waals surface area contributed by atoms with Gasteiger partial charge < -0.3 is 9.84 Å². The topological polar surface area (TPSA) is 46.5 Å². The SMILES string of the molecule is CCOC1(C(=O)O)CCCCC1C. The Hall–Kier alpha value is -0.570. The number of hydrogen-bond acceptors (Lipinski definition) is 2. The van der Waals surface area contributed by atoms with E-state index in [2.05, 4.69) is 0 Å². The van der Waals surface area contributed by atoms with Crippen LogP contribution in [-0.2, 0) is 9.53 Å². The molecule has 1 rings (SSSR count). The molecule has 0 aliphatic heterocycles. The molecule has 3 nitrogen and oxygen atoms in total. The first-order valence-electron chi connectivity index (χ1n) is 5.01. The molecule has 0 heterocycles. The summed E-state index contributed by atoms with van der Waals surface area (Å²) in [6, 6.07) is 0. The van der Waals surface area contributed by atoms with Gasteiger partial charge in [-0.1, -0.05) is 13.3 Å². The van der Waals surface area contributed by atoms with Crippen LogP contribution in [0.1, 0.15) is 39.5 Å². The van der Waals surface area contributed by atoms with Gasteiger partial charge in [-0.05, 0) is 32.1 Å². The minimum atomic E-state index is -0.896. The van der Waals surface area contributed by atoms with Crippen molar-refractivity contribution in [3.05, 3.63) is 0 Å². The molecule has 0 radical (unpaired) electrons. The van der Waals surface area contributed by atoms with Crippen LogP contribution in [0.2, 0.25) is 0 Å². The monoisotopic (exact) mass is 186 g/mol. The molecule has 1 aliphatic rings. The molecule has 1 aliphatic carbocycles. The Bertz CT molecular complexity index is 187. The van der Waals surface area contributed by atoms with Gasteiger partial charge in [-0.25, -0.2) is 4.79 Å². The molecule has 1 N–H and O–H groups in total. The van der Waals surface area contributed by atoms with Crippen molar-refractivity contribution in [2.45, 2.75) is 45.1 Å². The van der Waals surface area contributed by atoms with Crippen LogP contribution < -0.4 is 0 Å². The maximum atomic E-state index is 11.2. The molecular formula is C10H18O3. The Morgan fingerprint density at radius 2 is 2.31 bits per heavy atom. The molecule has 1 saturated carbocycles. The maximum Gasteiger partial charge on any atom is 0.336 e. The number of carboxylic acids is 1. The van der Waals surface area contributed by atoms with E-state index in [-0.39, 0.29) is 5.92 Å². The van der Waals surface area contributed by atoms with Gasteiger partial charge in [-0.3, -0.25) is 0 Å². The summed E-state index contributed by atoms with van der Waals surface area (Å²) in [6.07, 6.45) is 3.73. The van der Waals surface area contributed by atoms with E-state index in [0.29, 0.717) is 13.0 Å². The number of ether oxygens (including phenoxy) is 1. The zero-order valence-corrected chi connectivity index (χ0v) is 8.38. The van der Waals surface area contributed by atoms with Gasteiger partial charge in [0.05, 0.1) is 0 Å². The molecule has 0 aromatic rings. The molecule has 0 aromatic heterocycles. The normalized spacial score (nSPS) is 34.5. The second kappa shape index (κ2) is 4.09. The minimum Gasteiger partial charge on any atom is -0.479 e. The Balaban J connectivity index is 2.79. The molecule has 0 aromatic carbocycles. The second-order valence-corrected chi connectivity index (χ2v) is 3.77. The number of hydrogen-bond donors (Lipinski definition) is 1. The van der Waals surface area contributed by atoms with E-state index in [4.69, 9.17) is 9.84 Å². The first-order chi connectivity index (χ1) is 6.13. The molecular weight excluding hydrogens is 168 g/mol. The third kappa shape index (κ3) is 1.85. The van der Waals surface area contributed by atoms with Gasteiger partial charge in [-0.15, -0.1) is 0 Å². The van der Waals surface area contributed by atoms with E-state index in [1.54, 1.807) is 0 Å². The fourth-order valence-electron chi connectivity index (χ4n) is 2.17. The highest BCUT2D eigenvalue weighted by atomic mass is 16.5. The molecule has 0 saturated heterocycles. The van der Waals surface area contributed by atoms with Gasteiger partial charge in [-0.2, -0.15) is 0 Å². The quantitative estimate of drug-likeness (QED) is 0.733. The Morgan fingerprint density at radius 3 is 2.77 bits per heavy atom. The summed E-state index contributed by atoms with van der Waals surface area (Å²) in [5.41, 5.74) is -0.896. The first-order valence-corrected chi connectivity index (χ1v) is 5.01. The summed E-state index contributed by atoms with van der Waals surface area (Å²) in [6.45, 7) is 4.31. The number of carboxylic acid groups (broad SMARTS) is 1. The molecule has 13 heavy (non-hydrogen) atoms. The largest absolute Gasteiger partial charge is 0.479 e. The molecule has 0 spiro atoms. The third-order valence-electron chi connectivity index (χ3n) is 3.00. The van der Waals surface area contributed by atoms with Crippen molar-refractivity contribution >= 4 is 5.97 Å². The van der Waals surface area contributed by atoms with Crippen LogP contribution in [-0.4, -0.2) is 23.3 Å². The summed E-state index contributed by atoms with van der Waals surface area (Å²) in [7, 11) is 0. The second-order valence-electron chi connectivity index (χ2n) is 3.77. The van der Waals surface area contributed by atoms with Crippen LogP contribution in [0.4, 0.5) is 0 Å². The molecule has 1 fully saturated rings. The fourth-order valence-corrected chi connectivity index (χ4v) is 2.17. The minimum absolute atomic E-state index is 0.138. The van der Waals surface area contributed by atoms with Crippen molar-refractivity contribution in [1.29, 1.82) is 0 Å². The predicted molar refractivity (Wildman–Crippen MR) is 49.6 cm³/mol. The summed E-state index contributed by atoms with van der Waals surface area (Å²) in [5, 5.41) is 9.17. The fraction of sp³-hybridized carbons (Fsp3) is 0.900. The van der Waals surface area contributed by atoms with Crippen LogP contribution in [0.25, 0.3) is 0 Å². The van der Waals surface area contributed by atoms with E-state index in [0.717, 1.165) is 19.3 Å². The molecule has 0 bridgehead atoms. The van der Waals surface area contributed by atoms with Crippen LogP contribution >= 0.6 is 0 Å². The molecule has 0 amide bonds. The lowest BCUT2D eigenvalue weighted by Gasteiger charge is -2.38. The predicted octanol–water partition coefficient (Wildman–Crippen LogP) is 2.06. The van der Waals surface area contributed by atoms with E-state index in [9.17, 15) is 4.79 Å². The van der Waals surface area contributed by atoms with Gasteiger partial charge in [0.25, 0.3) is 0 Å². The third-order valence-corrected chi connectivity index (χ3v) is 3.00. The Labute approximate surface area is 79.1 Å². The number of rotatable bonds is 3. The van der Waals surface area contributed by atoms with E-state index >= 15 is 0 Å². The first kappa shape index (κ1) is 10.5. The van der Waals surface area contributed by atoms with E-state index in [1.165, 1.54) is 0 Å². The number of aliphatic carboxylic acids is 1. The molecule has 3 heteroatoms. The van der Waals surface area contributed by atoms with Gasteiger partial charge >= 0.3 is 5.97 Å². The van der Waals surface area contributed by atoms with E-state index < -0.39 is 11.6 Å². The summed E-state index contributed by atoms with van der Waals surface area (Å²) in [4.78, 5) is 11.2. The average Bonchev–Trinajstić information content (AvgIpc) is 2.09. The van der Waals surface area contributed by atoms with Crippen molar-refractivity contribution in [2.75, 3.05) is 6.61 Å². The van der Waals surface area contributed by atoms with Gasteiger partial charge in [0, 0.05) is 6.61 Å². The zero-order chi connectivity index (χ0) is 9.90. The molecule has 2 unspecified atom stereocenters. The Morgan fingerprint density at radius 1 is 1.62 bits per heavy atom. The smallest absolute Gasteiger partial charge is 0.336 e. The van der Waals surface area contributed by atoms with Crippen LogP contribution in [0, 0.1) is 5.92 Å². The van der Waals surface area contributed by atoms with Crippen LogP contribution in [0.5, 0.6) is 0 Å². The standard InChI is InChI=1S/C10H18O3/c1-3-13-10(9(11)12)7-5-4-6-8(10)2/h8H,3-7H2,1-2H3,(H,11,12). The van der Waals surface area contributed by atoms with Gasteiger partial charge in [0.1, 0.15) is 0 Å².